The summed E-state index contributed by atoms with van der Waals surface area (Å²) >= 11 is 1.68. The van der Waals surface area contributed by atoms with Crippen molar-refractivity contribution in [2.45, 2.75) is 26.3 Å². The van der Waals surface area contributed by atoms with E-state index in [4.69, 9.17) is 0 Å². The summed E-state index contributed by atoms with van der Waals surface area (Å²) in [5.74, 6) is 0.348. The van der Waals surface area contributed by atoms with Gasteiger partial charge in [-0.15, -0.1) is 11.3 Å². The van der Waals surface area contributed by atoms with Gasteiger partial charge in [-0.2, -0.15) is 0 Å². The number of carbonyl (C=O) groups is 1. The van der Waals surface area contributed by atoms with Gasteiger partial charge in [-0.25, -0.2) is 4.39 Å². The first kappa shape index (κ1) is 15.4. The van der Waals surface area contributed by atoms with Crippen LogP contribution in [0, 0.1) is 18.7 Å². The largest absolute Gasteiger partial charge is 0.350 e. The number of carbonyl (C=O) groups excluding carboxylic acids is 1. The van der Waals surface area contributed by atoms with Crippen molar-refractivity contribution in [3.8, 4) is 0 Å². The van der Waals surface area contributed by atoms with Gasteiger partial charge in [0.15, 0.2) is 0 Å². The Morgan fingerprint density at radius 1 is 1.33 bits per heavy atom. The van der Waals surface area contributed by atoms with Crippen molar-refractivity contribution >= 4 is 27.5 Å². The number of rotatable bonds is 5. The summed E-state index contributed by atoms with van der Waals surface area (Å²) in [5, 5.41) is 3.03. The molecule has 0 saturated heterocycles. The van der Waals surface area contributed by atoms with E-state index in [0.717, 1.165) is 22.3 Å². The second-order valence-electron chi connectivity index (χ2n) is 6.51. The normalized spacial score (nSPS) is 14.2. The van der Waals surface area contributed by atoms with E-state index in [1.165, 1.54) is 29.9 Å². The first-order valence-electron chi connectivity index (χ1n) is 8.22. The fourth-order valence-corrected chi connectivity index (χ4v) is 3.95. The first-order valence-corrected chi connectivity index (χ1v) is 9.04. The van der Waals surface area contributed by atoms with Crippen LogP contribution in [0.2, 0.25) is 0 Å². The van der Waals surface area contributed by atoms with Crippen LogP contribution in [-0.4, -0.2) is 17.0 Å². The molecule has 2 aromatic heterocycles. The highest BCUT2D eigenvalue weighted by atomic mass is 32.1. The van der Waals surface area contributed by atoms with Crippen molar-refractivity contribution in [1.29, 1.82) is 0 Å². The van der Waals surface area contributed by atoms with Crippen LogP contribution in [0.15, 0.2) is 36.4 Å². The maximum absolute atomic E-state index is 13.5. The Hall–Kier alpha value is -2.14. The zero-order valence-corrected chi connectivity index (χ0v) is 14.3. The summed E-state index contributed by atoms with van der Waals surface area (Å²) in [6.45, 7) is 3.30. The number of nitrogens with zero attached hydrogens (tertiary/aromatic N) is 1. The number of benzene rings is 1. The summed E-state index contributed by atoms with van der Waals surface area (Å²) in [6.07, 6.45) is 2.41. The van der Waals surface area contributed by atoms with E-state index in [-0.39, 0.29) is 11.7 Å². The molecule has 124 valence electrons. The number of nitrogens with one attached hydrogen (secondary N) is 1. The summed E-state index contributed by atoms with van der Waals surface area (Å²) in [4.78, 5) is 13.8. The Balaban J connectivity index is 1.69. The van der Waals surface area contributed by atoms with Crippen LogP contribution in [0.5, 0.6) is 0 Å². The topological polar surface area (TPSA) is 34.0 Å². The molecule has 1 saturated carbocycles. The molecule has 1 amide bonds. The first-order chi connectivity index (χ1) is 11.6. The summed E-state index contributed by atoms with van der Waals surface area (Å²) in [5.41, 5.74) is 2.55. The maximum Gasteiger partial charge on any atom is 0.267 e. The summed E-state index contributed by atoms with van der Waals surface area (Å²) in [7, 11) is 0. The Morgan fingerprint density at radius 2 is 2.17 bits per heavy atom. The van der Waals surface area contributed by atoms with Crippen molar-refractivity contribution in [3.63, 3.8) is 0 Å². The predicted molar refractivity (Wildman–Crippen MR) is 95.1 cm³/mol. The third-order valence-electron chi connectivity index (χ3n) is 4.42. The Bertz CT molecular complexity index is 907. The monoisotopic (exact) mass is 342 g/mol. The van der Waals surface area contributed by atoms with Crippen molar-refractivity contribution in [1.82, 2.24) is 9.88 Å². The molecule has 4 rings (SSSR count). The molecular weight excluding hydrogens is 323 g/mol. The molecule has 1 fully saturated rings. The number of halogens is 1. The molecule has 0 bridgehead atoms. The number of hydrogen-bond acceptors (Lipinski definition) is 2. The Kier molecular flexibility index (Phi) is 3.88. The SMILES string of the molecule is Cc1cc2c(cc(C(=O)NCC3CC3)n2Cc2cccc(F)c2)s1. The molecule has 0 spiro atoms. The second-order valence-corrected chi connectivity index (χ2v) is 7.79. The van der Waals surface area contributed by atoms with Gasteiger partial charge in [-0.05, 0) is 55.5 Å². The van der Waals surface area contributed by atoms with Gasteiger partial charge < -0.3 is 9.88 Å². The lowest BCUT2D eigenvalue weighted by molar-refractivity contribution is 0.0943. The van der Waals surface area contributed by atoms with E-state index in [0.29, 0.717) is 18.2 Å². The lowest BCUT2D eigenvalue weighted by atomic mass is 10.2. The molecule has 0 aliphatic heterocycles. The van der Waals surface area contributed by atoms with Crippen LogP contribution >= 0.6 is 11.3 Å². The lowest BCUT2D eigenvalue weighted by Gasteiger charge is -2.11. The molecule has 1 aliphatic rings. The number of aromatic nitrogens is 1. The Labute approximate surface area is 144 Å². The van der Waals surface area contributed by atoms with Crippen LogP contribution in [0.4, 0.5) is 4.39 Å². The zero-order valence-electron chi connectivity index (χ0n) is 13.5. The van der Waals surface area contributed by atoms with Gasteiger partial charge in [-0.3, -0.25) is 4.79 Å². The fourth-order valence-electron chi connectivity index (χ4n) is 2.99. The standard InChI is InChI=1S/C19H19FN2OS/c1-12-7-16-18(24-12)9-17(19(23)21-10-13-5-6-13)22(16)11-14-3-2-4-15(20)8-14/h2-4,7-9,13H,5-6,10-11H2,1H3,(H,21,23). The zero-order chi connectivity index (χ0) is 16.7. The van der Waals surface area contributed by atoms with Gasteiger partial charge in [0.1, 0.15) is 11.5 Å². The van der Waals surface area contributed by atoms with E-state index >= 15 is 0 Å². The molecule has 3 nitrogen and oxygen atoms in total. The molecule has 1 N–H and O–H groups in total. The third kappa shape index (κ3) is 3.08. The molecule has 2 heterocycles. The average molecular weight is 342 g/mol. The molecule has 1 aliphatic carbocycles. The minimum absolute atomic E-state index is 0.0423. The highest BCUT2D eigenvalue weighted by Gasteiger charge is 2.23. The van der Waals surface area contributed by atoms with Crippen LogP contribution in [0.3, 0.4) is 0 Å². The number of hydrogen-bond donors (Lipinski definition) is 1. The van der Waals surface area contributed by atoms with Crippen LogP contribution in [0.1, 0.15) is 33.8 Å². The molecule has 1 aromatic carbocycles. The minimum atomic E-state index is -0.253. The van der Waals surface area contributed by atoms with Crippen molar-refractivity contribution in [2.24, 2.45) is 5.92 Å². The van der Waals surface area contributed by atoms with Gasteiger partial charge in [0, 0.05) is 18.0 Å². The predicted octanol–water partition coefficient (Wildman–Crippen LogP) is 4.34. The van der Waals surface area contributed by atoms with E-state index < -0.39 is 0 Å². The number of amides is 1. The van der Waals surface area contributed by atoms with E-state index in [2.05, 4.69) is 18.3 Å². The molecular formula is C19H19FN2OS. The number of thiophene rings is 1. The van der Waals surface area contributed by atoms with Crippen LogP contribution in [0.25, 0.3) is 10.2 Å². The quantitative estimate of drug-likeness (QED) is 0.735. The maximum atomic E-state index is 13.5. The van der Waals surface area contributed by atoms with E-state index in [1.54, 1.807) is 17.4 Å². The molecule has 0 radical (unpaired) electrons. The van der Waals surface area contributed by atoms with Gasteiger partial charge in [0.2, 0.25) is 0 Å². The van der Waals surface area contributed by atoms with Crippen molar-refractivity contribution in [2.75, 3.05) is 6.54 Å². The van der Waals surface area contributed by atoms with Gasteiger partial charge in [0.05, 0.1) is 10.2 Å². The average Bonchev–Trinajstić information content (AvgIpc) is 3.22. The highest BCUT2D eigenvalue weighted by molar-refractivity contribution is 7.19. The van der Waals surface area contributed by atoms with E-state index in [1.807, 2.05) is 16.7 Å². The highest BCUT2D eigenvalue weighted by Crippen LogP contribution is 2.30. The molecule has 0 atom stereocenters. The summed E-state index contributed by atoms with van der Waals surface area (Å²) < 4.78 is 16.6. The molecule has 0 unspecified atom stereocenters. The van der Waals surface area contributed by atoms with Crippen molar-refractivity contribution < 1.29 is 9.18 Å². The lowest BCUT2D eigenvalue weighted by Crippen LogP contribution is -2.27. The van der Waals surface area contributed by atoms with Crippen LogP contribution in [-0.2, 0) is 6.54 Å². The number of fused-ring (bicyclic) bond motifs is 1. The third-order valence-corrected chi connectivity index (χ3v) is 5.41. The Morgan fingerprint density at radius 3 is 2.92 bits per heavy atom. The smallest absolute Gasteiger partial charge is 0.267 e. The van der Waals surface area contributed by atoms with Crippen LogP contribution < -0.4 is 5.32 Å². The van der Waals surface area contributed by atoms with Gasteiger partial charge >= 0.3 is 0 Å². The molecule has 24 heavy (non-hydrogen) atoms. The fraction of sp³-hybridized carbons (Fsp3) is 0.316. The minimum Gasteiger partial charge on any atom is -0.350 e. The van der Waals surface area contributed by atoms with Crippen molar-refractivity contribution in [3.05, 3.63) is 58.3 Å². The molecule has 5 heteroatoms. The van der Waals surface area contributed by atoms with Gasteiger partial charge in [0.25, 0.3) is 5.91 Å². The number of aryl methyl sites for hydroxylation is 1. The van der Waals surface area contributed by atoms with Gasteiger partial charge in [-0.1, -0.05) is 12.1 Å². The second kappa shape index (κ2) is 6.06. The summed E-state index contributed by atoms with van der Waals surface area (Å²) in [6, 6.07) is 10.6. The molecule has 3 aromatic rings. The van der Waals surface area contributed by atoms with E-state index in [9.17, 15) is 9.18 Å².